The van der Waals surface area contributed by atoms with Crippen molar-refractivity contribution in [2.45, 2.75) is 53.4 Å². The van der Waals surface area contributed by atoms with E-state index in [1.165, 1.54) is 44.2 Å². The van der Waals surface area contributed by atoms with Gasteiger partial charge in [0.05, 0.1) is 14.9 Å². The van der Waals surface area contributed by atoms with Crippen LogP contribution in [-0.4, -0.2) is 4.98 Å². The fourth-order valence-electron chi connectivity index (χ4n) is 5.91. The maximum atomic E-state index is 5.20. The first-order valence-electron chi connectivity index (χ1n) is 15.3. The summed E-state index contributed by atoms with van der Waals surface area (Å²) in [6, 6.07) is 13.2. The number of aryl methyl sites for hydroxylation is 3. The van der Waals surface area contributed by atoms with Crippen LogP contribution in [0.25, 0.3) is 46.7 Å². The fourth-order valence-corrected chi connectivity index (χ4v) is 6.94. The van der Waals surface area contributed by atoms with Crippen LogP contribution >= 0.6 is 11.3 Å². The molecule has 44 heavy (non-hydrogen) atoms. The van der Waals surface area contributed by atoms with Crippen molar-refractivity contribution in [3.05, 3.63) is 150 Å². The van der Waals surface area contributed by atoms with Gasteiger partial charge in [0.2, 0.25) is 0 Å². The van der Waals surface area contributed by atoms with Gasteiger partial charge >= 0.3 is 0 Å². The van der Waals surface area contributed by atoms with Crippen LogP contribution in [0.1, 0.15) is 76.2 Å². The van der Waals surface area contributed by atoms with Gasteiger partial charge in [0.15, 0.2) is 0 Å². The van der Waals surface area contributed by atoms with E-state index in [4.69, 9.17) is 4.98 Å². The number of unbranched alkanes of at least 4 members (excludes halogenated alkanes) is 1. The minimum absolute atomic E-state index is 0.835. The third-order valence-electron chi connectivity index (χ3n) is 8.12. The zero-order valence-corrected chi connectivity index (χ0v) is 27.1. The molecular formula is C42H39NS. The standard InChI is InChI=1S/C42H39NS/c1-7-11-20-34-29(5)25-39(38-23-15-13-14-22-37(34)38)31(10-4)28-41-40(43-42(44-41)24-12-8-2)27-33-26-32-19-16-17-21-36(32)30(6)35(33)18-9-3/h9,13-21,23,25-28H,1,4,8,12,22,24H2,2-3,5-6H3/b18-9-,40-27-,41-28+. The molecule has 1 aliphatic carbocycles. The molecule has 0 spiro atoms. The molecule has 0 fully saturated rings. The highest BCUT2D eigenvalue weighted by Crippen LogP contribution is 2.32. The number of aromatic nitrogens is 1. The molecule has 0 N–H and O–H groups in total. The number of nitrogens with zero attached hydrogens (tertiary/aromatic N) is 1. The molecule has 0 aliphatic heterocycles. The highest BCUT2D eigenvalue weighted by molar-refractivity contribution is 7.09. The lowest BCUT2D eigenvalue weighted by Gasteiger charge is -2.16. The molecular weight excluding hydrogens is 551 g/mol. The molecule has 0 atom stereocenters. The van der Waals surface area contributed by atoms with E-state index in [1.807, 2.05) is 6.08 Å². The van der Waals surface area contributed by atoms with Gasteiger partial charge in [-0.25, -0.2) is 4.98 Å². The average molecular weight is 590 g/mol. The number of thiazole rings is 1. The Labute approximate surface area is 266 Å². The summed E-state index contributed by atoms with van der Waals surface area (Å²) < 4.78 is 1.13. The van der Waals surface area contributed by atoms with Crippen molar-refractivity contribution < 1.29 is 0 Å². The van der Waals surface area contributed by atoms with Gasteiger partial charge in [-0.05, 0) is 132 Å². The van der Waals surface area contributed by atoms with Gasteiger partial charge in [0.25, 0.3) is 0 Å². The molecule has 218 valence electrons. The van der Waals surface area contributed by atoms with Crippen LogP contribution in [0.5, 0.6) is 0 Å². The Bertz CT molecular complexity index is 2090. The first-order valence-corrected chi connectivity index (χ1v) is 16.2. The zero-order valence-electron chi connectivity index (χ0n) is 26.3. The van der Waals surface area contributed by atoms with Crippen LogP contribution in [0.2, 0.25) is 0 Å². The summed E-state index contributed by atoms with van der Waals surface area (Å²) in [6.45, 7) is 16.5. The Morgan fingerprint density at radius 2 is 1.93 bits per heavy atom. The van der Waals surface area contributed by atoms with E-state index in [1.54, 1.807) is 11.3 Å². The normalized spacial score (nSPS) is 13.1. The van der Waals surface area contributed by atoms with E-state index in [0.29, 0.717) is 0 Å². The summed E-state index contributed by atoms with van der Waals surface area (Å²) >= 11 is 1.78. The second kappa shape index (κ2) is 14.2. The van der Waals surface area contributed by atoms with Crippen molar-refractivity contribution in [1.82, 2.24) is 4.98 Å². The van der Waals surface area contributed by atoms with E-state index in [-0.39, 0.29) is 0 Å². The second-order valence-electron chi connectivity index (χ2n) is 11.1. The Kier molecular flexibility index (Phi) is 9.93. The number of hydrogen-bond donors (Lipinski definition) is 0. The van der Waals surface area contributed by atoms with Gasteiger partial charge in [-0.15, -0.1) is 17.1 Å². The van der Waals surface area contributed by atoms with Crippen LogP contribution in [-0.2, 0) is 12.8 Å². The molecule has 0 unspecified atom stereocenters. The number of hydrogen-bond acceptors (Lipinski definition) is 2. The molecule has 1 heterocycles. The van der Waals surface area contributed by atoms with Gasteiger partial charge in [-0.3, -0.25) is 0 Å². The van der Waals surface area contributed by atoms with Gasteiger partial charge < -0.3 is 0 Å². The van der Waals surface area contributed by atoms with Crippen molar-refractivity contribution in [3.63, 3.8) is 0 Å². The molecule has 1 nitrogen and oxygen atoms in total. The minimum Gasteiger partial charge on any atom is -0.241 e. The topological polar surface area (TPSA) is 12.9 Å². The van der Waals surface area contributed by atoms with Crippen molar-refractivity contribution >= 4 is 58.1 Å². The molecule has 0 saturated heterocycles. The zero-order chi connectivity index (χ0) is 31.1. The number of rotatable bonds is 8. The van der Waals surface area contributed by atoms with Crippen molar-refractivity contribution in [3.8, 4) is 0 Å². The highest BCUT2D eigenvalue weighted by atomic mass is 32.1. The number of benzene rings is 3. The van der Waals surface area contributed by atoms with Crippen molar-refractivity contribution in [1.29, 1.82) is 0 Å². The Hall–Kier alpha value is -4.67. The molecule has 0 amide bonds. The smallest absolute Gasteiger partial charge is 0.0938 e. The van der Waals surface area contributed by atoms with Crippen LogP contribution < -0.4 is 9.88 Å². The first-order chi connectivity index (χ1) is 21.5. The summed E-state index contributed by atoms with van der Waals surface area (Å²) in [7, 11) is 0. The maximum absolute atomic E-state index is 5.20. The second-order valence-corrected chi connectivity index (χ2v) is 12.2. The van der Waals surface area contributed by atoms with E-state index >= 15 is 0 Å². The van der Waals surface area contributed by atoms with Gasteiger partial charge in [0.1, 0.15) is 0 Å². The largest absolute Gasteiger partial charge is 0.241 e. The van der Waals surface area contributed by atoms with Crippen molar-refractivity contribution in [2.24, 2.45) is 0 Å². The third-order valence-corrected chi connectivity index (χ3v) is 9.20. The van der Waals surface area contributed by atoms with E-state index < -0.39 is 0 Å². The molecule has 4 aromatic rings. The van der Waals surface area contributed by atoms with E-state index in [9.17, 15) is 0 Å². The molecule has 1 aromatic heterocycles. The highest BCUT2D eigenvalue weighted by Gasteiger charge is 2.16. The SMILES string of the molecule is C=C=C=Cc1c(C)cc(C(=C=C)/C=c2/sc(CCCC)n/c2=C\c2cc3ccccc3c(C)c2/C=C\C)c2c1CC=CC=C2. The van der Waals surface area contributed by atoms with E-state index in [0.717, 1.165) is 57.3 Å². The van der Waals surface area contributed by atoms with Crippen LogP contribution in [0, 0.1) is 13.8 Å². The summed E-state index contributed by atoms with van der Waals surface area (Å²) in [5.74, 6) is 0. The van der Waals surface area contributed by atoms with Crippen LogP contribution in [0.4, 0.5) is 0 Å². The van der Waals surface area contributed by atoms with Crippen LogP contribution in [0.3, 0.4) is 0 Å². The molecule has 0 bridgehead atoms. The predicted octanol–water partition coefficient (Wildman–Crippen LogP) is 9.85. The monoisotopic (exact) mass is 589 g/mol. The Morgan fingerprint density at radius 1 is 1.09 bits per heavy atom. The molecule has 3 aromatic carbocycles. The molecule has 0 saturated carbocycles. The summed E-state index contributed by atoms with van der Waals surface area (Å²) in [5.41, 5.74) is 19.7. The lowest BCUT2D eigenvalue weighted by atomic mass is 9.87. The molecule has 2 heteroatoms. The molecule has 0 radical (unpaired) electrons. The summed E-state index contributed by atoms with van der Waals surface area (Å²) in [6.07, 6.45) is 23.5. The van der Waals surface area contributed by atoms with E-state index in [2.05, 4.69) is 143 Å². The van der Waals surface area contributed by atoms with Gasteiger partial charge in [-0.1, -0.05) is 92.1 Å². The fraction of sp³-hybridized carbons (Fsp3) is 0.190. The lowest BCUT2D eigenvalue weighted by molar-refractivity contribution is 0.788. The van der Waals surface area contributed by atoms with Crippen LogP contribution in [0.15, 0.2) is 91.1 Å². The third kappa shape index (κ3) is 6.46. The Morgan fingerprint density at radius 3 is 2.70 bits per heavy atom. The molecule has 1 aliphatic rings. The number of fused-ring (bicyclic) bond motifs is 2. The summed E-state index contributed by atoms with van der Waals surface area (Å²) in [5, 5.41) is 4.67. The van der Waals surface area contributed by atoms with Gasteiger partial charge in [0, 0.05) is 5.57 Å². The summed E-state index contributed by atoms with van der Waals surface area (Å²) in [4.78, 5) is 5.20. The Balaban J connectivity index is 1.77. The average Bonchev–Trinajstić information content (AvgIpc) is 3.23. The van der Waals surface area contributed by atoms with Gasteiger partial charge in [-0.2, -0.15) is 0 Å². The number of allylic oxidation sites excluding steroid dienone is 5. The predicted molar refractivity (Wildman–Crippen MR) is 194 cm³/mol. The van der Waals surface area contributed by atoms with Crippen molar-refractivity contribution in [2.75, 3.05) is 0 Å². The first kappa shape index (κ1) is 30.8. The molecule has 5 rings (SSSR count). The minimum atomic E-state index is 0.835. The lowest BCUT2D eigenvalue weighted by Crippen LogP contribution is -2.21. The quantitative estimate of drug-likeness (QED) is 0.186. The maximum Gasteiger partial charge on any atom is 0.0938 e.